The highest BCUT2D eigenvalue weighted by Gasteiger charge is 2.29. The van der Waals surface area contributed by atoms with Crippen molar-refractivity contribution in [3.63, 3.8) is 0 Å². The van der Waals surface area contributed by atoms with Crippen LogP contribution in [0.4, 0.5) is 0 Å². The zero-order valence-electron chi connectivity index (χ0n) is 6.98. The van der Waals surface area contributed by atoms with E-state index < -0.39 is 0 Å². The molecule has 1 unspecified atom stereocenters. The zero-order chi connectivity index (χ0) is 7.56. The lowest BCUT2D eigenvalue weighted by Crippen LogP contribution is -2.27. The lowest BCUT2D eigenvalue weighted by Gasteiger charge is -2.14. The largest absolute Gasteiger partial charge is 0.316 e. The number of rotatable bonds is 4. The molecule has 0 amide bonds. The van der Waals surface area contributed by atoms with Gasteiger partial charge in [0.25, 0.3) is 0 Å². The van der Waals surface area contributed by atoms with Crippen molar-refractivity contribution in [2.24, 2.45) is 5.92 Å². The number of nitrogens with one attached hydrogen (secondary N) is 1. The highest BCUT2D eigenvalue weighted by atomic mass is 14.9. The Hall–Kier alpha value is -0.300. The summed E-state index contributed by atoms with van der Waals surface area (Å²) >= 11 is 0. The van der Waals surface area contributed by atoms with E-state index in [1.54, 1.807) is 0 Å². The van der Waals surface area contributed by atoms with E-state index >= 15 is 0 Å². The maximum atomic E-state index is 3.91. The Kier molecular flexibility index (Phi) is 2.50. The topological polar surface area (TPSA) is 12.0 Å². The molecule has 1 aliphatic carbocycles. The molecule has 1 rings (SSSR count). The molecule has 0 aliphatic heterocycles. The van der Waals surface area contributed by atoms with Crippen LogP contribution in [0.5, 0.6) is 0 Å². The summed E-state index contributed by atoms with van der Waals surface area (Å²) in [6.07, 6.45) is 3.98. The van der Waals surface area contributed by atoms with Crippen molar-refractivity contribution in [1.29, 1.82) is 0 Å². The molecule has 1 N–H and O–H groups in total. The van der Waals surface area contributed by atoms with Crippen LogP contribution >= 0.6 is 0 Å². The van der Waals surface area contributed by atoms with Gasteiger partial charge in [-0.15, -0.1) is 6.58 Å². The fourth-order valence-electron chi connectivity index (χ4n) is 1.38. The first kappa shape index (κ1) is 7.80. The first-order valence-corrected chi connectivity index (χ1v) is 4.05. The second-order valence-corrected chi connectivity index (χ2v) is 3.39. The summed E-state index contributed by atoms with van der Waals surface area (Å²) in [6, 6.07) is 0.706. The first-order chi connectivity index (χ1) is 4.74. The normalized spacial score (nSPS) is 20.6. The molecular formula is C9H17N. The van der Waals surface area contributed by atoms with Crippen LogP contribution in [-0.2, 0) is 0 Å². The molecule has 0 saturated heterocycles. The molecule has 0 bridgehead atoms. The minimum atomic E-state index is 0.706. The van der Waals surface area contributed by atoms with E-state index in [-0.39, 0.29) is 0 Å². The molecule has 1 aliphatic rings. The van der Waals surface area contributed by atoms with Crippen molar-refractivity contribution in [2.45, 2.75) is 32.2 Å². The lowest BCUT2D eigenvalue weighted by atomic mass is 10.1. The third kappa shape index (κ3) is 2.14. The van der Waals surface area contributed by atoms with Crippen molar-refractivity contribution >= 4 is 0 Å². The third-order valence-electron chi connectivity index (χ3n) is 2.13. The van der Waals surface area contributed by atoms with Crippen LogP contribution in [0.1, 0.15) is 26.2 Å². The van der Waals surface area contributed by atoms with Gasteiger partial charge >= 0.3 is 0 Å². The Morgan fingerprint density at radius 1 is 1.70 bits per heavy atom. The van der Waals surface area contributed by atoms with E-state index in [0.29, 0.717) is 6.04 Å². The lowest BCUT2D eigenvalue weighted by molar-refractivity contribution is 0.499. The third-order valence-corrected chi connectivity index (χ3v) is 2.13. The summed E-state index contributed by atoms with van der Waals surface area (Å²) in [7, 11) is 2.05. The van der Waals surface area contributed by atoms with Gasteiger partial charge in [-0.25, -0.2) is 0 Å². The summed E-state index contributed by atoms with van der Waals surface area (Å²) < 4.78 is 0. The molecule has 0 heterocycles. The summed E-state index contributed by atoms with van der Waals surface area (Å²) in [5.74, 6) is 0.946. The molecule has 0 aromatic rings. The standard InChI is InChI=1S/C9H17N/c1-7(2)6-9(10-3)8-4-5-8/h8-10H,1,4-6H2,2-3H3. The van der Waals surface area contributed by atoms with Gasteiger partial charge in [0.05, 0.1) is 0 Å². The molecule has 1 nitrogen and oxygen atoms in total. The highest BCUT2D eigenvalue weighted by Crippen LogP contribution is 2.34. The molecule has 0 aromatic heterocycles. The van der Waals surface area contributed by atoms with Gasteiger partial charge in [0, 0.05) is 6.04 Å². The molecule has 0 radical (unpaired) electrons. The van der Waals surface area contributed by atoms with Crippen LogP contribution in [0.3, 0.4) is 0 Å². The summed E-state index contributed by atoms with van der Waals surface area (Å²) in [6.45, 7) is 6.02. The summed E-state index contributed by atoms with van der Waals surface area (Å²) in [4.78, 5) is 0. The maximum Gasteiger partial charge on any atom is 0.0129 e. The molecule has 1 saturated carbocycles. The van der Waals surface area contributed by atoms with E-state index in [1.165, 1.54) is 18.4 Å². The summed E-state index contributed by atoms with van der Waals surface area (Å²) in [5.41, 5.74) is 1.30. The molecule has 10 heavy (non-hydrogen) atoms. The molecule has 1 atom stereocenters. The van der Waals surface area contributed by atoms with Crippen LogP contribution in [0.15, 0.2) is 12.2 Å². The van der Waals surface area contributed by atoms with Crippen LogP contribution in [0.25, 0.3) is 0 Å². The smallest absolute Gasteiger partial charge is 0.0129 e. The van der Waals surface area contributed by atoms with Gasteiger partial charge in [-0.2, -0.15) is 0 Å². The maximum absolute atomic E-state index is 3.91. The van der Waals surface area contributed by atoms with Crippen LogP contribution in [-0.4, -0.2) is 13.1 Å². The van der Waals surface area contributed by atoms with E-state index in [1.807, 2.05) is 7.05 Å². The first-order valence-electron chi connectivity index (χ1n) is 4.05. The Morgan fingerprint density at radius 2 is 2.30 bits per heavy atom. The van der Waals surface area contributed by atoms with Crippen molar-refractivity contribution in [3.8, 4) is 0 Å². The van der Waals surface area contributed by atoms with Crippen LogP contribution in [0, 0.1) is 5.92 Å². The van der Waals surface area contributed by atoms with E-state index in [0.717, 1.165) is 12.3 Å². The number of hydrogen-bond donors (Lipinski definition) is 1. The zero-order valence-corrected chi connectivity index (χ0v) is 6.98. The minimum absolute atomic E-state index is 0.706. The highest BCUT2D eigenvalue weighted by molar-refractivity contribution is 4.97. The minimum Gasteiger partial charge on any atom is -0.316 e. The van der Waals surface area contributed by atoms with Crippen LogP contribution < -0.4 is 5.32 Å². The monoisotopic (exact) mass is 139 g/mol. The van der Waals surface area contributed by atoms with Gasteiger partial charge in [0.2, 0.25) is 0 Å². The average Bonchev–Trinajstić information content (AvgIpc) is 2.63. The fourth-order valence-corrected chi connectivity index (χ4v) is 1.38. The van der Waals surface area contributed by atoms with Gasteiger partial charge in [-0.05, 0) is 39.2 Å². The van der Waals surface area contributed by atoms with Crippen molar-refractivity contribution in [2.75, 3.05) is 7.05 Å². The predicted octanol–water partition coefficient (Wildman–Crippen LogP) is 1.95. The van der Waals surface area contributed by atoms with Gasteiger partial charge in [0.15, 0.2) is 0 Å². The Labute approximate surface area is 63.5 Å². The van der Waals surface area contributed by atoms with Crippen molar-refractivity contribution in [3.05, 3.63) is 12.2 Å². The van der Waals surface area contributed by atoms with E-state index in [4.69, 9.17) is 0 Å². The quantitative estimate of drug-likeness (QED) is 0.587. The molecule has 0 spiro atoms. The van der Waals surface area contributed by atoms with Crippen molar-refractivity contribution < 1.29 is 0 Å². The average molecular weight is 139 g/mol. The molecule has 1 fully saturated rings. The molecule has 58 valence electrons. The Balaban J connectivity index is 2.25. The van der Waals surface area contributed by atoms with Gasteiger partial charge in [0.1, 0.15) is 0 Å². The van der Waals surface area contributed by atoms with Gasteiger partial charge in [-0.3, -0.25) is 0 Å². The Bertz CT molecular complexity index is 125. The van der Waals surface area contributed by atoms with Crippen molar-refractivity contribution in [1.82, 2.24) is 5.32 Å². The predicted molar refractivity (Wildman–Crippen MR) is 45.0 cm³/mol. The molecule has 0 aromatic carbocycles. The SMILES string of the molecule is C=C(C)CC(NC)C1CC1. The molecular weight excluding hydrogens is 122 g/mol. The van der Waals surface area contributed by atoms with Gasteiger partial charge in [-0.1, -0.05) is 5.57 Å². The summed E-state index contributed by atoms with van der Waals surface area (Å²) in [5, 5.41) is 3.33. The van der Waals surface area contributed by atoms with E-state index in [2.05, 4.69) is 18.8 Å². The number of hydrogen-bond acceptors (Lipinski definition) is 1. The molecule has 1 heteroatoms. The van der Waals surface area contributed by atoms with Crippen LogP contribution in [0.2, 0.25) is 0 Å². The van der Waals surface area contributed by atoms with E-state index in [9.17, 15) is 0 Å². The second kappa shape index (κ2) is 3.20. The second-order valence-electron chi connectivity index (χ2n) is 3.39. The van der Waals surface area contributed by atoms with Gasteiger partial charge < -0.3 is 5.32 Å². The fraction of sp³-hybridized carbons (Fsp3) is 0.778. The Morgan fingerprint density at radius 3 is 2.60 bits per heavy atom.